The average Bonchev–Trinajstić information content (AvgIpc) is 3.10. The number of aromatic nitrogens is 3. The Labute approximate surface area is 146 Å². The maximum Gasteiger partial charge on any atom is 0.291 e. The third-order valence-corrected chi connectivity index (χ3v) is 4.84. The van der Waals surface area contributed by atoms with E-state index < -0.39 is 0 Å². The zero-order chi connectivity index (χ0) is 16.7. The van der Waals surface area contributed by atoms with Gasteiger partial charge in [-0.05, 0) is 36.8 Å². The first kappa shape index (κ1) is 15.1. The normalized spacial score (nSPS) is 12.2. The molecule has 4 rings (SSSR count). The third-order valence-electron chi connectivity index (χ3n) is 3.63. The van der Waals surface area contributed by atoms with Gasteiger partial charge in [-0.15, -0.1) is 5.10 Å². The summed E-state index contributed by atoms with van der Waals surface area (Å²) in [4.78, 5) is 17.6. The number of thiazole rings is 1. The SMILES string of the molecule is Cc1cccc(-c2nc3sc(=Cc4ccc(Cl)cc4)c(=O)n3n2)c1. The maximum absolute atomic E-state index is 12.5. The second kappa shape index (κ2) is 5.85. The Balaban J connectivity index is 1.81. The van der Waals surface area contributed by atoms with Crippen LogP contribution in [0.1, 0.15) is 11.1 Å². The van der Waals surface area contributed by atoms with Crippen LogP contribution in [0.3, 0.4) is 0 Å². The summed E-state index contributed by atoms with van der Waals surface area (Å²) in [5.74, 6) is 0.570. The average molecular weight is 354 g/mol. The lowest BCUT2D eigenvalue weighted by Crippen LogP contribution is -2.23. The van der Waals surface area contributed by atoms with Crippen LogP contribution in [0.25, 0.3) is 22.4 Å². The molecule has 6 heteroatoms. The monoisotopic (exact) mass is 353 g/mol. The molecule has 0 aliphatic heterocycles. The van der Waals surface area contributed by atoms with Crippen LogP contribution in [0, 0.1) is 6.92 Å². The summed E-state index contributed by atoms with van der Waals surface area (Å²) in [7, 11) is 0. The van der Waals surface area contributed by atoms with Crippen molar-refractivity contribution in [1.82, 2.24) is 14.6 Å². The van der Waals surface area contributed by atoms with Crippen LogP contribution in [0.4, 0.5) is 0 Å². The molecule has 24 heavy (non-hydrogen) atoms. The van der Waals surface area contributed by atoms with E-state index >= 15 is 0 Å². The van der Waals surface area contributed by atoms with Gasteiger partial charge in [-0.3, -0.25) is 4.79 Å². The van der Waals surface area contributed by atoms with Gasteiger partial charge in [-0.2, -0.15) is 9.50 Å². The van der Waals surface area contributed by atoms with E-state index in [1.54, 1.807) is 12.1 Å². The lowest BCUT2D eigenvalue weighted by molar-refractivity contribution is 0.936. The molecular formula is C18H12ClN3OS. The topological polar surface area (TPSA) is 47.3 Å². The molecule has 0 aliphatic carbocycles. The van der Waals surface area contributed by atoms with E-state index in [9.17, 15) is 4.79 Å². The van der Waals surface area contributed by atoms with Crippen LogP contribution in [-0.2, 0) is 0 Å². The summed E-state index contributed by atoms with van der Waals surface area (Å²) >= 11 is 7.21. The molecule has 2 aromatic heterocycles. The van der Waals surface area contributed by atoms with Crippen molar-refractivity contribution in [3.63, 3.8) is 0 Å². The second-order valence-corrected chi connectivity index (χ2v) is 6.91. The van der Waals surface area contributed by atoms with Crippen LogP contribution >= 0.6 is 22.9 Å². The number of hydrogen-bond acceptors (Lipinski definition) is 4. The van der Waals surface area contributed by atoms with Gasteiger partial charge in [0.1, 0.15) is 0 Å². The Morgan fingerprint density at radius 1 is 1.17 bits per heavy atom. The lowest BCUT2D eigenvalue weighted by Gasteiger charge is -1.95. The Hall–Kier alpha value is -2.50. The second-order valence-electron chi connectivity index (χ2n) is 5.47. The fourth-order valence-electron chi connectivity index (χ4n) is 2.45. The Morgan fingerprint density at radius 3 is 2.67 bits per heavy atom. The molecule has 0 bridgehead atoms. The van der Waals surface area contributed by atoms with Crippen LogP contribution in [0.5, 0.6) is 0 Å². The summed E-state index contributed by atoms with van der Waals surface area (Å²) in [5, 5.41) is 5.03. The summed E-state index contributed by atoms with van der Waals surface area (Å²) < 4.78 is 1.97. The molecule has 0 aliphatic rings. The van der Waals surface area contributed by atoms with Crippen LogP contribution in [0.15, 0.2) is 53.3 Å². The molecule has 0 unspecified atom stereocenters. The Bertz CT molecular complexity index is 1150. The van der Waals surface area contributed by atoms with Gasteiger partial charge in [0.05, 0.1) is 4.53 Å². The quantitative estimate of drug-likeness (QED) is 0.555. The molecule has 4 nitrogen and oxygen atoms in total. The van der Waals surface area contributed by atoms with Gasteiger partial charge in [0.15, 0.2) is 5.82 Å². The predicted molar refractivity (Wildman–Crippen MR) is 97.5 cm³/mol. The van der Waals surface area contributed by atoms with E-state index in [1.807, 2.05) is 49.4 Å². The van der Waals surface area contributed by atoms with Crippen molar-refractivity contribution in [1.29, 1.82) is 0 Å². The van der Waals surface area contributed by atoms with E-state index in [-0.39, 0.29) is 5.56 Å². The molecule has 118 valence electrons. The van der Waals surface area contributed by atoms with Crippen LogP contribution in [-0.4, -0.2) is 14.6 Å². The van der Waals surface area contributed by atoms with Crippen molar-refractivity contribution < 1.29 is 0 Å². The first-order valence-electron chi connectivity index (χ1n) is 7.34. The van der Waals surface area contributed by atoms with Gasteiger partial charge >= 0.3 is 0 Å². The van der Waals surface area contributed by atoms with Crippen LogP contribution in [0.2, 0.25) is 5.02 Å². The van der Waals surface area contributed by atoms with Crippen molar-refractivity contribution >= 4 is 34.0 Å². The number of halogens is 1. The van der Waals surface area contributed by atoms with Gasteiger partial charge in [-0.1, -0.05) is 58.8 Å². The Morgan fingerprint density at radius 2 is 1.96 bits per heavy atom. The molecule has 0 saturated carbocycles. The molecule has 2 aromatic carbocycles. The van der Waals surface area contributed by atoms with Gasteiger partial charge < -0.3 is 0 Å². The van der Waals surface area contributed by atoms with E-state index in [0.29, 0.717) is 20.3 Å². The molecule has 4 aromatic rings. The molecule has 0 amide bonds. The van der Waals surface area contributed by atoms with Gasteiger partial charge in [0.2, 0.25) is 4.96 Å². The van der Waals surface area contributed by atoms with E-state index in [4.69, 9.17) is 11.6 Å². The fourth-order valence-corrected chi connectivity index (χ4v) is 3.48. The minimum absolute atomic E-state index is 0.156. The number of hydrogen-bond donors (Lipinski definition) is 0. The van der Waals surface area contributed by atoms with Gasteiger partial charge in [0, 0.05) is 10.6 Å². The highest BCUT2D eigenvalue weighted by Gasteiger charge is 2.11. The smallest absolute Gasteiger partial charge is 0.266 e. The molecule has 0 radical (unpaired) electrons. The third kappa shape index (κ3) is 2.72. The van der Waals surface area contributed by atoms with E-state index in [2.05, 4.69) is 10.1 Å². The summed E-state index contributed by atoms with van der Waals surface area (Å²) in [6.45, 7) is 2.01. The maximum atomic E-state index is 12.5. The highest BCUT2D eigenvalue weighted by atomic mass is 35.5. The number of aryl methyl sites for hydroxylation is 1. The standard InChI is InChI=1S/C18H12ClN3OS/c1-11-3-2-4-13(9-11)16-20-18-22(21-16)17(23)15(24-18)10-12-5-7-14(19)8-6-12/h2-10H,1H3. The summed E-state index contributed by atoms with van der Waals surface area (Å²) in [6.07, 6.45) is 1.83. The molecular weight excluding hydrogens is 342 g/mol. The molecule has 0 fully saturated rings. The van der Waals surface area contributed by atoms with E-state index in [0.717, 1.165) is 16.7 Å². The largest absolute Gasteiger partial charge is 0.291 e. The van der Waals surface area contributed by atoms with Gasteiger partial charge in [0.25, 0.3) is 5.56 Å². The number of fused-ring (bicyclic) bond motifs is 1. The van der Waals surface area contributed by atoms with Gasteiger partial charge in [-0.25, -0.2) is 0 Å². The first-order chi connectivity index (χ1) is 11.6. The minimum atomic E-state index is -0.156. The Kier molecular flexibility index (Phi) is 3.67. The molecule has 0 saturated heterocycles. The number of benzene rings is 2. The predicted octanol–water partition coefficient (Wildman–Crippen LogP) is 3.33. The molecule has 0 N–H and O–H groups in total. The summed E-state index contributed by atoms with van der Waals surface area (Å²) in [6, 6.07) is 15.3. The lowest BCUT2D eigenvalue weighted by atomic mass is 10.1. The molecule has 2 heterocycles. The van der Waals surface area contributed by atoms with Crippen molar-refractivity contribution in [2.24, 2.45) is 0 Å². The molecule has 0 atom stereocenters. The van der Waals surface area contributed by atoms with Crippen molar-refractivity contribution in [2.45, 2.75) is 6.92 Å². The first-order valence-corrected chi connectivity index (χ1v) is 8.53. The fraction of sp³-hybridized carbons (Fsp3) is 0.0556. The highest BCUT2D eigenvalue weighted by Crippen LogP contribution is 2.17. The number of nitrogens with zero attached hydrogens (tertiary/aromatic N) is 3. The number of rotatable bonds is 2. The highest BCUT2D eigenvalue weighted by molar-refractivity contribution is 7.15. The van der Waals surface area contributed by atoms with E-state index in [1.165, 1.54) is 15.9 Å². The van der Waals surface area contributed by atoms with Crippen molar-refractivity contribution in [3.8, 4) is 11.4 Å². The summed E-state index contributed by atoms with van der Waals surface area (Å²) in [5.41, 5.74) is 2.80. The van der Waals surface area contributed by atoms with Crippen molar-refractivity contribution in [3.05, 3.63) is 79.6 Å². The molecule has 0 spiro atoms. The van der Waals surface area contributed by atoms with Crippen molar-refractivity contribution in [2.75, 3.05) is 0 Å². The zero-order valence-corrected chi connectivity index (χ0v) is 14.3. The zero-order valence-electron chi connectivity index (χ0n) is 12.7. The minimum Gasteiger partial charge on any atom is -0.266 e. The van der Waals surface area contributed by atoms with Crippen LogP contribution < -0.4 is 10.1 Å².